The van der Waals surface area contributed by atoms with Crippen LogP contribution in [-0.4, -0.2) is 21.8 Å². The number of rotatable bonds is 5. The minimum atomic E-state index is 0.127. The number of pyridine rings is 1. The molecular weight excluding hydrogens is 234 g/mol. The highest BCUT2D eigenvalue weighted by Gasteiger charge is 2.13. The van der Waals surface area contributed by atoms with Gasteiger partial charge in [-0.25, -0.2) is 4.98 Å². The monoisotopic (exact) mass is 253 g/mol. The van der Waals surface area contributed by atoms with Crippen LogP contribution in [0.25, 0.3) is 0 Å². The van der Waals surface area contributed by atoms with E-state index < -0.39 is 0 Å². The third kappa shape index (κ3) is 3.63. The van der Waals surface area contributed by atoms with Crippen molar-refractivity contribution in [3.63, 3.8) is 0 Å². The van der Waals surface area contributed by atoms with Gasteiger partial charge in [-0.05, 0) is 24.5 Å². The van der Waals surface area contributed by atoms with Crippen molar-refractivity contribution >= 4 is 17.6 Å². The lowest BCUT2D eigenvalue weighted by atomic mass is 10.1. The second-order valence-corrected chi connectivity index (χ2v) is 5.13. The summed E-state index contributed by atoms with van der Waals surface area (Å²) in [7, 11) is 0. The molecule has 0 saturated carbocycles. The van der Waals surface area contributed by atoms with Crippen molar-refractivity contribution in [2.45, 2.75) is 32.2 Å². The number of aryl methyl sites for hydroxylation is 1. The molecule has 0 aliphatic heterocycles. The average molecular weight is 253 g/mol. The molecule has 17 heavy (non-hydrogen) atoms. The summed E-state index contributed by atoms with van der Waals surface area (Å²) < 4.78 is 0. The molecule has 0 aliphatic rings. The maximum atomic E-state index is 8.79. The molecule has 1 aromatic rings. The van der Waals surface area contributed by atoms with Gasteiger partial charge >= 0.3 is 0 Å². The highest BCUT2D eigenvalue weighted by molar-refractivity contribution is 7.99. The SMILES string of the molecule is CCC(C)CSc1nccc(C)c1/C(N)=N/O. The van der Waals surface area contributed by atoms with Crippen LogP contribution in [0.15, 0.2) is 22.4 Å². The first-order valence-electron chi connectivity index (χ1n) is 5.66. The molecular formula is C12H19N3OS. The molecule has 5 heteroatoms. The molecule has 4 nitrogen and oxygen atoms in total. The molecule has 1 heterocycles. The normalized spacial score (nSPS) is 13.7. The van der Waals surface area contributed by atoms with Crippen molar-refractivity contribution in [1.29, 1.82) is 0 Å². The molecule has 0 aliphatic carbocycles. The molecule has 94 valence electrons. The fourth-order valence-electron chi connectivity index (χ4n) is 1.34. The van der Waals surface area contributed by atoms with Crippen molar-refractivity contribution < 1.29 is 5.21 Å². The van der Waals surface area contributed by atoms with Crippen LogP contribution < -0.4 is 5.73 Å². The molecule has 0 spiro atoms. The molecule has 0 aromatic carbocycles. The topological polar surface area (TPSA) is 71.5 Å². The molecule has 0 radical (unpaired) electrons. The predicted octanol–water partition coefficient (Wildman–Crippen LogP) is 2.62. The van der Waals surface area contributed by atoms with E-state index in [0.717, 1.165) is 28.3 Å². The van der Waals surface area contributed by atoms with Gasteiger partial charge in [0.25, 0.3) is 0 Å². The Morgan fingerprint density at radius 1 is 1.65 bits per heavy atom. The molecule has 1 aromatic heterocycles. The molecule has 1 atom stereocenters. The molecule has 0 saturated heterocycles. The zero-order valence-electron chi connectivity index (χ0n) is 10.5. The van der Waals surface area contributed by atoms with Crippen molar-refractivity contribution in [3.05, 3.63) is 23.4 Å². The van der Waals surface area contributed by atoms with Crippen LogP contribution in [0.5, 0.6) is 0 Å². The Morgan fingerprint density at radius 2 is 2.35 bits per heavy atom. The minimum Gasteiger partial charge on any atom is -0.409 e. The van der Waals surface area contributed by atoms with Gasteiger partial charge in [0.15, 0.2) is 5.84 Å². The van der Waals surface area contributed by atoms with Crippen LogP contribution in [0, 0.1) is 12.8 Å². The summed E-state index contributed by atoms with van der Waals surface area (Å²) >= 11 is 1.65. The molecule has 0 amide bonds. The Bertz CT molecular complexity index is 407. The zero-order chi connectivity index (χ0) is 12.8. The van der Waals surface area contributed by atoms with E-state index in [-0.39, 0.29) is 5.84 Å². The summed E-state index contributed by atoms with van der Waals surface area (Å²) in [6.45, 7) is 6.30. The summed E-state index contributed by atoms with van der Waals surface area (Å²) in [5.74, 6) is 1.74. The van der Waals surface area contributed by atoms with E-state index in [0.29, 0.717) is 5.92 Å². The first-order chi connectivity index (χ1) is 8.10. The fourth-order valence-corrected chi connectivity index (χ4v) is 2.57. The Balaban J connectivity index is 2.95. The van der Waals surface area contributed by atoms with E-state index in [1.165, 1.54) is 0 Å². The number of amidine groups is 1. The van der Waals surface area contributed by atoms with Gasteiger partial charge in [0.2, 0.25) is 0 Å². The van der Waals surface area contributed by atoms with E-state index in [2.05, 4.69) is 24.0 Å². The van der Waals surface area contributed by atoms with Crippen molar-refractivity contribution in [3.8, 4) is 0 Å². The van der Waals surface area contributed by atoms with Gasteiger partial charge in [-0.3, -0.25) is 0 Å². The smallest absolute Gasteiger partial charge is 0.173 e. The summed E-state index contributed by atoms with van der Waals surface area (Å²) in [5, 5.41) is 12.7. The first kappa shape index (κ1) is 13.8. The zero-order valence-corrected chi connectivity index (χ0v) is 11.3. The fraction of sp³-hybridized carbons (Fsp3) is 0.500. The van der Waals surface area contributed by atoms with Gasteiger partial charge in [-0.2, -0.15) is 0 Å². The number of hydrogen-bond acceptors (Lipinski definition) is 4. The lowest BCUT2D eigenvalue weighted by Gasteiger charge is -2.11. The standard InChI is InChI=1S/C12H19N3OS/c1-4-8(2)7-17-12-10(11(13)15-16)9(3)5-6-14-12/h5-6,8,16H,4,7H2,1-3H3,(H2,13,15). The summed E-state index contributed by atoms with van der Waals surface area (Å²) in [4.78, 5) is 4.31. The van der Waals surface area contributed by atoms with Crippen molar-refractivity contribution in [1.82, 2.24) is 4.98 Å². The summed E-state index contributed by atoms with van der Waals surface area (Å²) in [6, 6.07) is 1.86. The number of nitrogens with zero attached hydrogens (tertiary/aromatic N) is 2. The Labute approximate surface area is 106 Å². The van der Waals surface area contributed by atoms with Gasteiger partial charge in [-0.1, -0.05) is 25.4 Å². The molecule has 3 N–H and O–H groups in total. The predicted molar refractivity (Wildman–Crippen MR) is 71.7 cm³/mol. The minimum absolute atomic E-state index is 0.127. The highest BCUT2D eigenvalue weighted by Crippen LogP contribution is 2.25. The van der Waals surface area contributed by atoms with E-state index in [4.69, 9.17) is 10.9 Å². The average Bonchev–Trinajstić information content (AvgIpc) is 2.35. The number of oxime groups is 1. The Kier molecular flexibility index (Phi) is 5.28. The molecule has 1 unspecified atom stereocenters. The van der Waals surface area contributed by atoms with Crippen LogP contribution >= 0.6 is 11.8 Å². The molecule has 1 rings (SSSR count). The largest absolute Gasteiger partial charge is 0.409 e. The lowest BCUT2D eigenvalue weighted by molar-refractivity contribution is 0.318. The second-order valence-electron chi connectivity index (χ2n) is 4.12. The maximum absolute atomic E-state index is 8.79. The van der Waals surface area contributed by atoms with Crippen LogP contribution in [0.3, 0.4) is 0 Å². The third-order valence-electron chi connectivity index (χ3n) is 2.69. The van der Waals surface area contributed by atoms with Crippen LogP contribution in [0.2, 0.25) is 0 Å². The maximum Gasteiger partial charge on any atom is 0.173 e. The Hall–Kier alpha value is -1.23. The summed E-state index contributed by atoms with van der Waals surface area (Å²) in [5.41, 5.74) is 7.39. The highest BCUT2D eigenvalue weighted by atomic mass is 32.2. The van der Waals surface area contributed by atoms with Gasteiger partial charge in [0.05, 0.1) is 5.56 Å². The van der Waals surface area contributed by atoms with Crippen LogP contribution in [0.1, 0.15) is 31.4 Å². The van der Waals surface area contributed by atoms with E-state index in [1.54, 1.807) is 18.0 Å². The van der Waals surface area contributed by atoms with Gasteiger partial charge < -0.3 is 10.9 Å². The van der Waals surface area contributed by atoms with Gasteiger partial charge in [-0.15, -0.1) is 11.8 Å². The van der Waals surface area contributed by atoms with E-state index >= 15 is 0 Å². The van der Waals surface area contributed by atoms with E-state index in [1.807, 2.05) is 13.0 Å². The van der Waals surface area contributed by atoms with Gasteiger partial charge in [0.1, 0.15) is 5.03 Å². The number of aromatic nitrogens is 1. The van der Waals surface area contributed by atoms with Crippen LogP contribution in [0.4, 0.5) is 0 Å². The molecule has 0 fully saturated rings. The van der Waals surface area contributed by atoms with Crippen molar-refractivity contribution in [2.75, 3.05) is 5.75 Å². The van der Waals surface area contributed by atoms with E-state index in [9.17, 15) is 0 Å². The number of hydrogen-bond donors (Lipinski definition) is 2. The Morgan fingerprint density at radius 3 is 2.94 bits per heavy atom. The third-order valence-corrected chi connectivity index (χ3v) is 4.01. The first-order valence-corrected chi connectivity index (χ1v) is 6.65. The van der Waals surface area contributed by atoms with Crippen molar-refractivity contribution in [2.24, 2.45) is 16.8 Å². The van der Waals surface area contributed by atoms with Crippen LogP contribution in [-0.2, 0) is 0 Å². The molecule has 0 bridgehead atoms. The van der Waals surface area contributed by atoms with Gasteiger partial charge in [0, 0.05) is 11.9 Å². The quantitative estimate of drug-likeness (QED) is 0.278. The number of nitrogens with two attached hydrogens (primary N) is 1. The number of thioether (sulfide) groups is 1. The summed E-state index contributed by atoms with van der Waals surface area (Å²) in [6.07, 6.45) is 2.89. The second kappa shape index (κ2) is 6.49. The lowest BCUT2D eigenvalue weighted by Crippen LogP contribution is -2.17.